The number of aromatic nitrogens is 3. The third-order valence-electron chi connectivity index (χ3n) is 7.92. The molecule has 1 unspecified atom stereocenters. The predicted octanol–water partition coefficient (Wildman–Crippen LogP) is 3.80. The van der Waals surface area contributed by atoms with Crippen LogP contribution >= 0.6 is 11.3 Å². The lowest BCUT2D eigenvalue weighted by Gasteiger charge is -2.29. The zero-order chi connectivity index (χ0) is 28.7. The number of methoxy groups -OCH3 is 2. The summed E-state index contributed by atoms with van der Waals surface area (Å²) in [5.74, 6) is 0.365. The quantitative estimate of drug-likeness (QED) is 0.272. The van der Waals surface area contributed by atoms with Crippen molar-refractivity contribution in [1.82, 2.24) is 14.1 Å². The molecule has 2 fully saturated rings. The standard InChI is InChI=1S/C29H31N3O8S/c1-17-22-25(33)32(29(10-11-29)27(34)37-3)28(35)31(26(22)41-23(17)24-30-12-15-39-24)16-21(40-18-8-13-38-14-9-18)19-6-4-5-7-20(19)36-2/h4-7,12,15,18,21H,8-11,13-14,16H2,1-3H3. The van der Waals surface area contributed by atoms with Crippen LogP contribution in [0.2, 0.25) is 0 Å². The van der Waals surface area contributed by atoms with E-state index in [9.17, 15) is 14.4 Å². The maximum absolute atomic E-state index is 14.3. The van der Waals surface area contributed by atoms with Gasteiger partial charge >= 0.3 is 11.7 Å². The number of carbonyl (C=O) groups excluding carboxylic acids is 1. The molecule has 0 radical (unpaired) electrons. The largest absolute Gasteiger partial charge is 0.496 e. The third kappa shape index (κ3) is 4.69. The highest BCUT2D eigenvalue weighted by atomic mass is 32.1. The first-order valence-electron chi connectivity index (χ1n) is 13.5. The number of esters is 1. The lowest BCUT2D eigenvalue weighted by molar-refractivity contribution is -0.146. The van der Waals surface area contributed by atoms with E-state index in [0.717, 1.165) is 10.1 Å². The molecule has 2 aliphatic rings. The van der Waals surface area contributed by atoms with Crippen LogP contribution in [-0.2, 0) is 31.1 Å². The van der Waals surface area contributed by atoms with Gasteiger partial charge in [0.05, 0.1) is 43.3 Å². The molecule has 1 aromatic carbocycles. The van der Waals surface area contributed by atoms with Gasteiger partial charge in [-0.05, 0) is 44.2 Å². The fourth-order valence-corrected chi connectivity index (χ4v) is 6.85. The summed E-state index contributed by atoms with van der Waals surface area (Å²) >= 11 is 1.25. The number of ether oxygens (including phenoxy) is 4. The highest BCUT2D eigenvalue weighted by Gasteiger charge is 2.55. The first-order chi connectivity index (χ1) is 19.9. The van der Waals surface area contributed by atoms with Crippen LogP contribution in [0, 0.1) is 6.92 Å². The monoisotopic (exact) mass is 581 g/mol. The maximum Gasteiger partial charge on any atom is 0.333 e. The molecule has 3 aromatic heterocycles. The number of hydrogen-bond acceptors (Lipinski definition) is 10. The van der Waals surface area contributed by atoms with Crippen LogP contribution in [0.1, 0.15) is 42.9 Å². The van der Waals surface area contributed by atoms with Gasteiger partial charge in [-0.25, -0.2) is 19.1 Å². The molecule has 0 spiro atoms. The highest BCUT2D eigenvalue weighted by Crippen LogP contribution is 2.44. The molecule has 0 amide bonds. The number of nitrogens with zero attached hydrogens (tertiary/aromatic N) is 3. The summed E-state index contributed by atoms with van der Waals surface area (Å²) in [4.78, 5) is 46.6. The Hall–Kier alpha value is -3.74. The summed E-state index contributed by atoms with van der Waals surface area (Å²) in [6.07, 6.45) is 4.41. The van der Waals surface area contributed by atoms with Crippen molar-refractivity contribution in [3.05, 3.63) is 68.7 Å². The molecule has 4 aromatic rings. The van der Waals surface area contributed by atoms with Crippen LogP contribution in [0.5, 0.6) is 5.75 Å². The molecule has 1 saturated carbocycles. The van der Waals surface area contributed by atoms with Gasteiger partial charge in [-0.3, -0.25) is 9.36 Å². The Morgan fingerprint density at radius 2 is 1.95 bits per heavy atom. The van der Waals surface area contributed by atoms with Gasteiger partial charge in [0.2, 0.25) is 5.89 Å². The van der Waals surface area contributed by atoms with Crippen molar-refractivity contribution in [1.29, 1.82) is 0 Å². The molecule has 11 nitrogen and oxygen atoms in total. The minimum Gasteiger partial charge on any atom is -0.496 e. The second-order valence-electron chi connectivity index (χ2n) is 10.3. The van der Waals surface area contributed by atoms with Crippen LogP contribution in [0.25, 0.3) is 21.0 Å². The molecule has 41 heavy (non-hydrogen) atoms. The van der Waals surface area contributed by atoms with Crippen LogP contribution in [-0.4, -0.2) is 53.6 Å². The Morgan fingerprint density at radius 1 is 1.20 bits per heavy atom. The van der Waals surface area contributed by atoms with E-state index in [-0.39, 0.29) is 12.6 Å². The van der Waals surface area contributed by atoms with Crippen molar-refractivity contribution in [3.8, 4) is 16.5 Å². The van der Waals surface area contributed by atoms with Gasteiger partial charge in [0.1, 0.15) is 28.5 Å². The summed E-state index contributed by atoms with van der Waals surface area (Å²) in [5, 5.41) is 0.336. The van der Waals surface area contributed by atoms with Gasteiger partial charge in [-0.1, -0.05) is 18.2 Å². The van der Waals surface area contributed by atoms with Crippen molar-refractivity contribution in [2.75, 3.05) is 27.4 Å². The van der Waals surface area contributed by atoms with E-state index in [1.807, 2.05) is 24.3 Å². The average molecular weight is 582 g/mol. The topological polar surface area (TPSA) is 124 Å². The van der Waals surface area contributed by atoms with E-state index in [1.165, 1.54) is 30.9 Å². The number of thiophene rings is 1. The smallest absolute Gasteiger partial charge is 0.333 e. The van der Waals surface area contributed by atoms with Gasteiger partial charge in [0.15, 0.2) is 0 Å². The molecule has 0 bridgehead atoms. The fourth-order valence-electron chi connectivity index (χ4n) is 5.61. The SMILES string of the molecule is COC(=O)C1(n2c(=O)c3c(C)c(-c4ncco4)sc3n(CC(OC3CCOCC3)c3ccccc3OC)c2=O)CC1. The summed E-state index contributed by atoms with van der Waals surface area (Å²) in [7, 11) is 2.85. The highest BCUT2D eigenvalue weighted by molar-refractivity contribution is 7.22. The van der Waals surface area contributed by atoms with E-state index in [2.05, 4.69) is 4.98 Å². The number of para-hydroxylation sites is 1. The van der Waals surface area contributed by atoms with Gasteiger partial charge in [-0.2, -0.15) is 0 Å². The molecule has 1 atom stereocenters. The third-order valence-corrected chi connectivity index (χ3v) is 9.22. The zero-order valence-electron chi connectivity index (χ0n) is 23.1. The Bertz CT molecular complexity index is 1690. The van der Waals surface area contributed by atoms with Crippen molar-refractivity contribution >= 4 is 27.5 Å². The van der Waals surface area contributed by atoms with E-state index < -0.39 is 28.9 Å². The fraction of sp³-hybridized carbons (Fsp3) is 0.448. The lowest BCUT2D eigenvalue weighted by atomic mass is 10.1. The number of rotatable bonds is 9. The molecular formula is C29H31N3O8S. The number of aryl methyl sites for hydroxylation is 1. The zero-order valence-corrected chi connectivity index (χ0v) is 23.9. The van der Waals surface area contributed by atoms with Gasteiger partial charge < -0.3 is 23.4 Å². The molecule has 1 aliphatic heterocycles. The Kier molecular flexibility index (Phi) is 7.30. The number of oxazole rings is 1. The van der Waals surface area contributed by atoms with Crippen LogP contribution < -0.4 is 16.0 Å². The predicted molar refractivity (Wildman–Crippen MR) is 150 cm³/mol. The first kappa shape index (κ1) is 27.4. The minimum absolute atomic E-state index is 0.0789. The number of hydrogen-bond donors (Lipinski definition) is 0. The molecule has 1 saturated heterocycles. The van der Waals surface area contributed by atoms with E-state index in [1.54, 1.807) is 18.6 Å². The molecule has 1 aliphatic carbocycles. The Balaban J connectivity index is 1.57. The van der Waals surface area contributed by atoms with Crippen LogP contribution in [0.3, 0.4) is 0 Å². The molecule has 0 N–H and O–H groups in total. The molecule has 216 valence electrons. The van der Waals surface area contributed by atoms with Crippen LogP contribution in [0.15, 0.2) is 50.7 Å². The number of fused-ring (bicyclic) bond motifs is 1. The first-order valence-corrected chi connectivity index (χ1v) is 14.3. The number of benzene rings is 1. The maximum atomic E-state index is 14.3. The average Bonchev–Trinajstić information content (AvgIpc) is 3.44. The minimum atomic E-state index is -1.34. The molecule has 12 heteroatoms. The van der Waals surface area contributed by atoms with E-state index in [0.29, 0.717) is 71.2 Å². The summed E-state index contributed by atoms with van der Waals surface area (Å²) in [6.45, 7) is 3.05. The Labute approximate surface area is 239 Å². The lowest BCUT2D eigenvalue weighted by Crippen LogP contribution is -2.49. The second-order valence-corrected chi connectivity index (χ2v) is 11.3. The van der Waals surface area contributed by atoms with Gasteiger partial charge in [0, 0.05) is 18.8 Å². The molecular weight excluding hydrogens is 550 g/mol. The summed E-state index contributed by atoms with van der Waals surface area (Å²) in [6, 6.07) is 7.53. The van der Waals surface area contributed by atoms with Gasteiger partial charge in [-0.15, -0.1) is 11.3 Å². The van der Waals surface area contributed by atoms with Crippen molar-refractivity contribution in [2.24, 2.45) is 0 Å². The van der Waals surface area contributed by atoms with Crippen molar-refractivity contribution < 1.29 is 28.2 Å². The van der Waals surface area contributed by atoms with Crippen molar-refractivity contribution in [2.45, 2.75) is 56.9 Å². The molecule has 4 heterocycles. The molecule has 6 rings (SSSR count). The van der Waals surface area contributed by atoms with E-state index >= 15 is 0 Å². The normalized spacial score (nSPS) is 17.4. The van der Waals surface area contributed by atoms with Crippen LogP contribution in [0.4, 0.5) is 0 Å². The summed E-state index contributed by atoms with van der Waals surface area (Å²) < 4.78 is 31.1. The summed E-state index contributed by atoms with van der Waals surface area (Å²) in [5.41, 5.74) is -1.07. The van der Waals surface area contributed by atoms with E-state index in [4.69, 9.17) is 23.4 Å². The number of carbonyl (C=O) groups is 1. The Morgan fingerprint density at radius 3 is 2.61 bits per heavy atom. The second kappa shape index (κ2) is 10.9. The van der Waals surface area contributed by atoms with Crippen molar-refractivity contribution in [3.63, 3.8) is 0 Å². The van der Waals surface area contributed by atoms with Gasteiger partial charge in [0.25, 0.3) is 5.56 Å².